The summed E-state index contributed by atoms with van der Waals surface area (Å²) in [6.45, 7) is -0.202. The summed E-state index contributed by atoms with van der Waals surface area (Å²) in [6, 6.07) is 15.6. The first-order chi connectivity index (χ1) is 14.8. The van der Waals surface area contributed by atoms with Gasteiger partial charge >= 0.3 is 0 Å². The SMILES string of the molecule is CS(=O)(=O)c1ccc(-c2[nH]nc(OCC(=O)c3cccs3)c2-c2ccc(F)cc2)cc1. The fraction of sp³-hybridized carbons (Fsp3) is 0.0909. The van der Waals surface area contributed by atoms with Crippen molar-refractivity contribution in [1.29, 1.82) is 0 Å². The zero-order chi connectivity index (χ0) is 22.0. The number of nitrogens with zero attached hydrogens (tertiary/aromatic N) is 1. The molecule has 0 radical (unpaired) electrons. The highest BCUT2D eigenvalue weighted by Gasteiger charge is 2.20. The third kappa shape index (κ3) is 4.57. The van der Waals surface area contributed by atoms with E-state index in [0.29, 0.717) is 27.3 Å². The first-order valence-corrected chi connectivity index (χ1v) is 11.9. The number of ether oxygens (including phenoxy) is 1. The number of halogens is 1. The fourth-order valence-electron chi connectivity index (χ4n) is 3.03. The maximum absolute atomic E-state index is 13.5. The number of hydrogen-bond donors (Lipinski definition) is 1. The number of thiophene rings is 1. The molecule has 0 unspecified atom stereocenters. The van der Waals surface area contributed by atoms with Crippen LogP contribution in [0.5, 0.6) is 5.88 Å². The van der Waals surface area contributed by atoms with E-state index < -0.39 is 9.84 Å². The predicted octanol–water partition coefficient (Wildman–Crippen LogP) is 4.61. The summed E-state index contributed by atoms with van der Waals surface area (Å²) in [5, 5.41) is 8.91. The summed E-state index contributed by atoms with van der Waals surface area (Å²) in [5.41, 5.74) is 2.41. The van der Waals surface area contributed by atoms with Crippen LogP contribution >= 0.6 is 11.3 Å². The summed E-state index contributed by atoms with van der Waals surface area (Å²) in [5.74, 6) is -0.373. The van der Waals surface area contributed by atoms with E-state index in [2.05, 4.69) is 10.2 Å². The van der Waals surface area contributed by atoms with Crippen molar-refractivity contribution in [3.63, 3.8) is 0 Å². The number of nitrogens with one attached hydrogen (secondary N) is 1. The van der Waals surface area contributed by atoms with Gasteiger partial charge in [0.2, 0.25) is 11.7 Å². The van der Waals surface area contributed by atoms with E-state index in [9.17, 15) is 17.6 Å². The van der Waals surface area contributed by atoms with Crippen molar-refractivity contribution in [2.75, 3.05) is 12.9 Å². The van der Waals surface area contributed by atoms with Crippen molar-refractivity contribution in [2.45, 2.75) is 4.90 Å². The molecule has 31 heavy (non-hydrogen) atoms. The number of sulfone groups is 1. The first kappa shape index (κ1) is 21.0. The van der Waals surface area contributed by atoms with Gasteiger partial charge in [-0.05, 0) is 41.3 Å². The number of rotatable bonds is 7. The van der Waals surface area contributed by atoms with Gasteiger partial charge in [0.25, 0.3) is 0 Å². The zero-order valence-electron chi connectivity index (χ0n) is 16.3. The number of carbonyl (C=O) groups excluding carboxylic acids is 1. The number of H-pyrrole nitrogens is 1. The monoisotopic (exact) mass is 456 g/mol. The number of aromatic nitrogens is 2. The average Bonchev–Trinajstić information content (AvgIpc) is 3.42. The Kier molecular flexibility index (Phi) is 5.71. The zero-order valence-corrected chi connectivity index (χ0v) is 18.0. The van der Waals surface area contributed by atoms with Gasteiger partial charge < -0.3 is 4.74 Å². The third-order valence-corrected chi connectivity index (χ3v) is 6.61. The van der Waals surface area contributed by atoms with Crippen molar-refractivity contribution in [1.82, 2.24) is 10.2 Å². The van der Waals surface area contributed by atoms with Gasteiger partial charge in [0.05, 0.1) is 21.0 Å². The Morgan fingerprint density at radius 2 is 1.74 bits per heavy atom. The van der Waals surface area contributed by atoms with Gasteiger partial charge in [0, 0.05) is 11.8 Å². The van der Waals surface area contributed by atoms with Gasteiger partial charge in [-0.2, -0.15) is 0 Å². The smallest absolute Gasteiger partial charge is 0.241 e. The Bertz CT molecular complexity index is 1310. The number of benzene rings is 2. The van der Waals surface area contributed by atoms with Crippen LogP contribution in [-0.4, -0.2) is 37.3 Å². The molecule has 0 aliphatic carbocycles. The van der Waals surface area contributed by atoms with Crippen molar-refractivity contribution in [3.8, 4) is 28.3 Å². The van der Waals surface area contributed by atoms with Crippen LogP contribution in [0.2, 0.25) is 0 Å². The van der Waals surface area contributed by atoms with Crippen LogP contribution in [0.15, 0.2) is 70.9 Å². The van der Waals surface area contributed by atoms with E-state index in [4.69, 9.17) is 4.74 Å². The maximum Gasteiger partial charge on any atom is 0.241 e. The lowest BCUT2D eigenvalue weighted by molar-refractivity contribution is 0.0922. The van der Waals surface area contributed by atoms with Crippen molar-refractivity contribution < 1.29 is 22.3 Å². The van der Waals surface area contributed by atoms with Crippen LogP contribution in [-0.2, 0) is 9.84 Å². The van der Waals surface area contributed by atoms with Crippen LogP contribution in [0.4, 0.5) is 4.39 Å². The van der Waals surface area contributed by atoms with E-state index in [1.165, 1.54) is 35.6 Å². The Hall–Kier alpha value is -3.30. The lowest BCUT2D eigenvalue weighted by atomic mass is 10.0. The minimum Gasteiger partial charge on any atom is -0.468 e. The number of ketones is 1. The molecule has 158 valence electrons. The quantitative estimate of drug-likeness (QED) is 0.410. The average molecular weight is 457 g/mol. The summed E-state index contributed by atoms with van der Waals surface area (Å²) < 4.78 is 42.7. The molecule has 0 fully saturated rings. The van der Waals surface area contributed by atoms with Gasteiger partial charge in [-0.15, -0.1) is 16.4 Å². The molecule has 4 rings (SSSR count). The van der Waals surface area contributed by atoms with E-state index in [0.717, 1.165) is 6.26 Å². The summed E-state index contributed by atoms with van der Waals surface area (Å²) in [7, 11) is -3.33. The largest absolute Gasteiger partial charge is 0.468 e. The van der Waals surface area contributed by atoms with E-state index >= 15 is 0 Å². The number of Topliss-reactive ketones (excluding diaryl/α,β-unsaturated/α-hetero) is 1. The van der Waals surface area contributed by atoms with E-state index in [1.54, 1.807) is 36.4 Å². The number of aromatic amines is 1. The highest BCUT2D eigenvalue weighted by atomic mass is 32.2. The summed E-state index contributed by atoms with van der Waals surface area (Å²) >= 11 is 1.33. The highest BCUT2D eigenvalue weighted by molar-refractivity contribution is 7.90. The lowest BCUT2D eigenvalue weighted by Crippen LogP contribution is -2.10. The standard InChI is InChI=1S/C22H17FN2O4S2/c1-31(27,28)17-10-6-15(7-11-17)21-20(14-4-8-16(23)9-5-14)22(25-24-21)29-13-18(26)19-3-2-12-30-19/h2-12H,13H2,1H3,(H,24,25). The first-order valence-electron chi connectivity index (χ1n) is 9.17. The summed E-state index contributed by atoms with van der Waals surface area (Å²) in [4.78, 5) is 13.1. The molecule has 0 bridgehead atoms. The van der Waals surface area contributed by atoms with Crippen LogP contribution in [0.3, 0.4) is 0 Å². The van der Waals surface area contributed by atoms with Gasteiger partial charge in [0.1, 0.15) is 5.82 Å². The Morgan fingerprint density at radius 3 is 2.35 bits per heavy atom. The normalized spacial score (nSPS) is 11.4. The molecule has 0 aliphatic heterocycles. The second kappa shape index (κ2) is 8.44. The maximum atomic E-state index is 13.5. The van der Waals surface area contributed by atoms with Crippen molar-refractivity contribution in [3.05, 3.63) is 76.7 Å². The lowest BCUT2D eigenvalue weighted by Gasteiger charge is -2.08. The molecule has 0 amide bonds. The second-order valence-electron chi connectivity index (χ2n) is 6.77. The molecule has 0 aliphatic rings. The van der Waals surface area contributed by atoms with Crippen molar-refractivity contribution >= 4 is 27.0 Å². The van der Waals surface area contributed by atoms with Gasteiger partial charge in [0.15, 0.2) is 16.4 Å². The van der Waals surface area contributed by atoms with Gasteiger partial charge in [-0.1, -0.05) is 30.3 Å². The highest BCUT2D eigenvalue weighted by Crippen LogP contribution is 2.38. The predicted molar refractivity (Wildman–Crippen MR) is 117 cm³/mol. The Balaban J connectivity index is 1.71. The van der Waals surface area contributed by atoms with E-state index in [-0.39, 0.29) is 29.0 Å². The van der Waals surface area contributed by atoms with Crippen LogP contribution in [0, 0.1) is 5.82 Å². The fourth-order valence-corrected chi connectivity index (χ4v) is 4.32. The van der Waals surface area contributed by atoms with E-state index in [1.807, 2.05) is 5.38 Å². The molecule has 2 heterocycles. The molecule has 2 aromatic heterocycles. The second-order valence-corrected chi connectivity index (χ2v) is 9.73. The molecule has 9 heteroatoms. The molecule has 0 saturated heterocycles. The van der Waals surface area contributed by atoms with Crippen molar-refractivity contribution in [2.24, 2.45) is 0 Å². The molecular formula is C22H17FN2O4S2. The minimum absolute atomic E-state index is 0.179. The topological polar surface area (TPSA) is 89.1 Å². The molecule has 4 aromatic rings. The molecule has 0 saturated carbocycles. The molecule has 0 spiro atoms. The van der Waals surface area contributed by atoms with Crippen LogP contribution < -0.4 is 4.74 Å². The number of carbonyl (C=O) groups is 1. The third-order valence-electron chi connectivity index (χ3n) is 4.57. The molecule has 0 atom stereocenters. The molecular weight excluding hydrogens is 439 g/mol. The number of hydrogen-bond acceptors (Lipinski definition) is 6. The van der Waals surface area contributed by atoms with Gasteiger partial charge in [-0.25, -0.2) is 12.8 Å². The minimum atomic E-state index is -3.33. The Labute approximate surface area is 182 Å². The molecule has 2 aromatic carbocycles. The van der Waals surface area contributed by atoms with Crippen LogP contribution in [0.1, 0.15) is 9.67 Å². The van der Waals surface area contributed by atoms with Crippen LogP contribution in [0.25, 0.3) is 22.4 Å². The molecule has 1 N–H and O–H groups in total. The summed E-state index contributed by atoms with van der Waals surface area (Å²) in [6.07, 6.45) is 1.14. The van der Waals surface area contributed by atoms with Gasteiger partial charge in [-0.3, -0.25) is 9.89 Å². The Morgan fingerprint density at radius 1 is 1.06 bits per heavy atom. The molecule has 6 nitrogen and oxygen atoms in total.